The zero-order valence-electron chi connectivity index (χ0n) is 15.4. The van der Waals surface area contributed by atoms with E-state index in [2.05, 4.69) is 28.6 Å². The minimum atomic E-state index is -0.317. The SMILES string of the molecule is CCn1c2ccccc2c2cc(-c3nc(SC)n(C)c(=O)c3C#N)ccc21. The van der Waals surface area contributed by atoms with E-state index in [1.165, 1.54) is 21.8 Å². The summed E-state index contributed by atoms with van der Waals surface area (Å²) >= 11 is 1.39. The van der Waals surface area contributed by atoms with Crippen LogP contribution in [0.15, 0.2) is 52.4 Å². The standard InChI is InChI=1S/C21H18N4OS/c1-4-25-17-8-6-5-7-14(17)15-11-13(9-10-18(15)25)19-16(12-22)20(26)24(2)21(23-19)27-3/h5-11H,4H2,1-3H3. The van der Waals surface area contributed by atoms with Crippen LogP contribution in [0.25, 0.3) is 33.1 Å². The number of fused-ring (bicyclic) bond motifs is 3. The molecule has 4 aromatic rings. The molecule has 2 aromatic carbocycles. The van der Waals surface area contributed by atoms with Crippen molar-refractivity contribution in [2.75, 3.05) is 6.26 Å². The Balaban J connectivity index is 2.07. The van der Waals surface area contributed by atoms with Gasteiger partial charge in [0.2, 0.25) is 0 Å². The van der Waals surface area contributed by atoms with E-state index in [1.807, 2.05) is 42.7 Å². The van der Waals surface area contributed by atoms with Crippen molar-refractivity contribution in [3.63, 3.8) is 0 Å². The van der Waals surface area contributed by atoms with Gasteiger partial charge in [-0.3, -0.25) is 9.36 Å². The minimum Gasteiger partial charge on any atom is -0.341 e. The number of nitrogens with zero attached hydrogens (tertiary/aromatic N) is 4. The summed E-state index contributed by atoms with van der Waals surface area (Å²) in [5.74, 6) is 0. The topological polar surface area (TPSA) is 63.6 Å². The predicted molar refractivity (Wildman–Crippen MR) is 110 cm³/mol. The van der Waals surface area contributed by atoms with Crippen LogP contribution in [0.1, 0.15) is 12.5 Å². The Morgan fingerprint density at radius 1 is 1.15 bits per heavy atom. The van der Waals surface area contributed by atoms with E-state index < -0.39 is 0 Å². The highest BCUT2D eigenvalue weighted by molar-refractivity contribution is 7.98. The van der Waals surface area contributed by atoms with Crippen molar-refractivity contribution in [3.05, 3.63) is 58.4 Å². The smallest absolute Gasteiger partial charge is 0.272 e. The Morgan fingerprint density at radius 3 is 2.59 bits per heavy atom. The molecule has 0 aliphatic rings. The lowest BCUT2D eigenvalue weighted by Gasteiger charge is -2.10. The van der Waals surface area contributed by atoms with Gasteiger partial charge in [0.25, 0.3) is 5.56 Å². The van der Waals surface area contributed by atoms with Gasteiger partial charge in [-0.2, -0.15) is 5.26 Å². The third kappa shape index (κ3) is 2.54. The molecule has 0 fully saturated rings. The van der Waals surface area contributed by atoms with Gasteiger partial charge in [0.15, 0.2) is 5.16 Å². The van der Waals surface area contributed by atoms with Gasteiger partial charge in [0.1, 0.15) is 11.6 Å². The maximum atomic E-state index is 12.6. The lowest BCUT2D eigenvalue weighted by Crippen LogP contribution is -2.23. The number of hydrogen-bond acceptors (Lipinski definition) is 4. The summed E-state index contributed by atoms with van der Waals surface area (Å²) in [6.07, 6.45) is 1.87. The zero-order chi connectivity index (χ0) is 19.1. The van der Waals surface area contributed by atoms with Gasteiger partial charge in [0.05, 0.1) is 5.69 Å². The lowest BCUT2D eigenvalue weighted by molar-refractivity contribution is 0.709. The van der Waals surface area contributed by atoms with Crippen LogP contribution < -0.4 is 5.56 Å². The molecular formula is C21H18N4OS. The molecule has 0 saturated carbocycles. The molecule has 2 heterocycles. The Bertz CT molecular complexity index is 1290. The number of para-hydroxylation sites is 1. The summed E-state index contributed by atoms with van der Waals surface area (Å²) in [7, 11) is 1.64. The number of aromatic nitrogens is 3. The fourth-order valence-electron chi connectivity index (χ4n) is 3.62. The van der Waals surface area contributed by atoms with Crippen LogP contribution in [-0.4, -0.2) is 20.4 Å². The van der Waals surface area contributed by atoms with Crippen LogP contribution in [-0.2, 0) is 13.6 Å². The molecule has 5 nitrogen and oxygen atoms in total. The zero-order valence-corrected chi connectivity index (χ0v) is 16.2. The highest BCUT2D eigenvalue weighted by atomic mass is 32.2. The van der Waals surface area contributed by atoms with E-state index >= 15 is 0 Å². The number of rotatable bonds is 3. The molecule has 0 saturated heterocycles. The van der Waals surface area contributed by atoms with Crippen LogP contribution in [0.5, 0.6) is 0 Å². The first-order chi connectivity index (χ1) is 13.1. The number of benzene rings is 2. The van der Waals surface area contributed by atoms with Crippen molar-refractivity contribution in [1.29, 1.82) is 5.26 Å². The van der Waals surface area contributed by atoms with Crippen molar-refractivity contribution < 1.29 is 0 Å². The van der Waals surface area contributed by atoms with Crippen LogP contribution in [0, 0.1) is 11.3 Å². The number of nitriles is 1. The number of aryl methyl sites for hydroxylation is 1. The summed E-state index contributed by atoms with van der Waals surface area (Å²) in [6.45, 7) is 2.99. The van der Waals surface area contributed by atoms with Crippen LogP contribution >= 0.6 is 11.8 Å². The average molecular weight is 374 g/mol. The van der Waals surface area contributed by atoms with Crippen LogP contribution in [0.2, 0.25) is 0 Å². The molecule has 134 valence electrons. The third-order valence-corrected chi connectivity index (χ3v) is 5.64. The first kappa shape index (κ1) is 17.4. The Hall–Kier alpha value is -3.04. The molecule has 0 amide bonds. The lowest BCUT2D eigenvalue weighted by atomic mass is 10.0. The summed E-state index contributed by atoms with van der Waals surface area (Å²) in [6, 6.07) is 16.4. The molecule has 0 aliphatic heterocycles. The van der Waals surface area contributed by atoms with E-state index in [-0.39, 0.29) is 11.1 Å². The molecule has 4 rings (SSSR count). The maximum Gasteiger partial charge on any atom is 0.272 e. The molecule has 6 heteroatoms. The van der Waals surface area contributed by atoms with Gasteiger partial charge in [-0.05, 0) is 31.4 Å². The van der Waals surface area contributed by atoms with E-state index in [0.29, 0.717) is 10.9 Å². The first-order valence-electron chi connectivity index (χ1n) is 8.67. The molecule has 0 unspecified atom stereocenters. The molecule has 0 atom stereocenters. The second-order valence-electron chi connectivity index (χ2n) is 6.29. The van der Waals surface area contributed by atoms with E-state index in [0.717, 1.165) is 28.4 Å². The predicted octanol–water partition coefficient (Wildman–Crippen LogP) is 4.17. The third-order valence-electron chi connectivity index (χ3n) is 4.91. The van der Waals surface area contributed by atoms with Crippen LogP contribution in [0.4, 0.5) is 0 Å². The van der Waals surface area contributed by atoms with Crippen molar-refractivity contribution >= 4 is 33.6 Å². The Morgan fingerprint density at radius 2 is 1.89 bits per heavy atom. The molecule has 0 bridgehead atoms. The maximum absolute atomic E-state index is 12.6. The van der Waals surface area contributed by atoms with Crippen molar-refractivity contribution in [2.24, 2.45) is 7.05 Å². The highest BCUT2D eigenvalue weighted by Gasteiger charge is 2.17. The first-order valence-corrected chi connectivity index (χ1v) is 9.89. The molecule has 0 radical (unpaired) electrons. The normalized spacial score (nSPS) is 11.2. The molecule has 27 heavy (non-hydrogen) atoms. The van der Waals surface area contributed by atoms with E-state index in [9.17, 15) is 10.1 Å². The molecule has 0 spiro atoms. The monoisotopic (exact) mass is 374 g/mol. The van der Waals surface area contributed by atoms with Gasteiger partial charge >= 0.3 is 0 Å². The molecular weight excluding hydrogens is 356 g/mol. The van der Waals surface area contributed by atoms with E-state index in [1.54, 1.807) is 7.05 Å². The summed E-state index contributed by atoms with van der Waals surface area (Å²) in [4.78, 5) is 17.2. The van der Waals surface area contributed by atoms with Gasteiger partial charge in [-0.1, -0.05) is 36.0 Å². The fourth-order valence-corrected chi connectivity index (χ4v) is 4.16. The summed E-state index contributed by atoms with van der Waals surface area (Å²) in [5, 5.41) is 12.4. The molecule has 0 aliphatic carbocycles. The summed E-state index contributed by atoms with van der Waals surface area (Å²) < 4.78 is 3.69. The Kier molecular flexibility index (Phi) is 4.25. The van der Waals surface area contributed by atoms with Gasteiger partial charge in [-0.25, -0.2) is 4.98 Å². The van der Waals surface area contributed by atoms with E-state index in [4.69, 9.17) is 0 Å². The molecule has 2 aromatic heterocycles. The number of thioether (sulfide) groups is 1. The fraction of sp³-hybridized carbons (Fsp3) is 0.190. The second kappa shape index (κ2) is 6.60. The largest absolute Gasteiger partial charge is 0.341 e. The number of hydrogen-bond donors (Lipinski definition) is 0. The minimum absolute atomic E-state index is 0.0777. The van der Waals surface area contributed by atoms with Crippen molar-refractivity contribution in [3.8, 4) is 17.3 Å². The van der Waals surface area contributed by atoms with Crippen molar-refractivity contribution in [1.82, 2.24) is 14.1 Å². The quantitative estimate of drug-likeness (QED) is 0.399. The Labute approximate surface area is 160 Å². The highest BCUT2D eigenvalue weighted by Crippen LogP contribution is 2.33. The average Bonchev–Trinajstić information content (AvgIpc) is 3.02. The van der Waals surface area contributed by atoms with Gasteiger partial charge in [-0.15, -0.1) is 0 Å². The second-order valence-corrected chi connectivity index (χ2v) is 7.06. The van der Waals surface area contributed by atoms with Crippen LogP contribution in [0.3, 0.4) is 0 Å². The van der Waals surface area contributed by atoms with Gasteiger partial charge in [0, 0.05) is 41.0 Å². The van der Waals surface area contributed by atoms with Gasteiger partial charge < -0.3 is 4.57 Å². The summed E-state index contributed by atoms with van der Waals surface area (Å²) in [5.41, 5.74) is 3.30. The van der Waals surface area contributed by atoms with Crippen molar-refractivity contribution in [2.45, 2.75) is 18.6 Å². The molecule has 0 N–H and O–H groups in total.